The number of hydrogen-bond acceptors (Lipinski definition) is 6. The first-order chi connectivity index (χ1) is 21.1. The summed E-state index contributed by atoms with van der Waals surface area (Å²) in [6.45, 7) is 8.36. The fourth-order valence-electron chi connectivity index (χ4n) is 5.57. The number of hydrogen-bond donors (Lipinski definition) is 4. The van der Waals surface area contributed by atoms with Crippen LogP contribution in [0.2, 0.25) is 0 Å². The van der Waals surface area contributed by atoms with Gasteiger partial charge in [0.2, 0.25) is 0 Å². The molecule has 2 aromatic heterocycles. The van der Waals surface area contributed by atoms with Crippen molar-refractivity contribution in [3.05, 3.63) is 96.1 Å². The zero-order chi connectivity index (χ0) is 31.4. The molecule has 2 atom stereocenters. The van der Waals surface area contributed by atoms with E-state index >= 15 is 0 Å². The highest BCUT2D eigenvalue weighted by Gasteiger charge is 2.22. The maximum Gasteiger partial charge on any atom is 0.320 e. The second kappa shape index (κ2) is 13.3. The summed E-state index contributed by atoms with van der Waals surface area (Å²) in [6.07, 6.45) is 0. The first-order valence-corrected chi connectivity index (χ1v) is 14.9. The molecular weight excluding hydrogens is 552 g/mol. The zero-order valence-corrected chi connectivity index (χ0v) is 25.4. The van der Waals surface area contributed by atoms with Gasteiger partial charge in [0.05, 0.1) is 22.4 Å². The van der Waals surface area contributed by atoms with Gasteiger partial charge in [0.1, 0.15) is 12.1 Å². The number of rotatable bonds is 12. The standard InChI is InChI=1S/C36H38N4O4/c1-21(2)31(35(41)42)37-19-25-9-5-7-11-27(25)29-17-15-23-13-14-24-16-18-30(40-34(24)33(23)39-29)28-12-8-6-10-26(28)20-38-32(22(3)4)36(43)44/h5-18,21-22,31-32,37-38H,19-20H2,1-4H3,(H,41,42)(H,43,44)/t31-,32-/m0/s1. The van der Waals surface area contributed by atoms with E-state index < -0.39 is 24.0 Å². The van der Waals surface area contributed by atoms with Crippen LogP contribution in [0, 0.1) is 11.8 Å². The summed E-state index contributed by atoms with van der Waals surface area (Å²) in [5, 5.41) is 27.6. The highest BCUT2D eigenvalue weighted by Crippen LogP contribution is 2.31. The molecule has 0 aliphatic carbocycles. The smallest absolute Gasteiger partial charge is 0.320 e. The molecule has 226 valence electrons. The van der Waals surface area contributed by atoms with Crippen molar-refractivity contribution in [2.45, 2.75) is 52.9 Å². The normalized spacial score (nSPS) is 13.0. The zero-order valence-electron chi connectivity index (χ0n) is 25.4. The van der Waals surface area contributed by atoms with Crippen molar-refractivity contribution < 1.29 is 19.8 Å². The quantitative estimate of drug-likeness (QED) is 0.121. The molecule has 4 N–H and O–H groups in total. The van der Waals surface area contributed by atoms with Crippen LogP contribution in [-0.4, -0.2) is 44.2 Å². The van der Waals surface area contributed by atoms with Gasteiger partial charge in [0.15, 0.2) is 0 Å². The summed E-state index contributed by atoms with van der Waals surface area (Å²) >= 11 is 0. The number of pyridine rings is 2. The summed E-state index contributed by atoms with van der Waals surface area (Å²) in [6, 6.07) is 26.6. The SMILES string of the molecule is CC(C)[C@H](NCc1ccccc1-c1ccc2ccc3ccc(-c4ccccc4CN[C@H](C(=O)O)C(C)C)nc3c2n1)C(=O)O. The van der Waals surface area contributed by atoms with E-state index in [-0.39, 0.29) is 11.8 Å². The number of fused-ring (bicyclic) bond motifs is 3. The maximum absolute atomic E-state index is 11.8. The van der Waals surface area contributed by atoms with E-state index in [1.807, 2.05) is 113 Å². The van der Waals surface area contributed by atoms with Gasteiger partial charge in [-0.3, -0.25) is 9.59 Å². The van der Waals surface area contributed by atoms with Crippen molar-refractivity contribution in [1.82, 2.24) is 20.6 Å². The summed E-state index contributed by atoms with van der Waals surface area (Å²) < 4.78 is 0. The van der Waals surface area contributed by atoms with Gasteiger partial charge < -0.3 is 20.8 Å². The van der Waals surface area contributed by atoms with Gasteiger partial charge >= 0.3 is 11.9 Å². The third kappa shape index (κ3) is 6.61. The fraction of sp³-hybridized carbons (Fsp3) is 0.278. The molecular formula is C36H38N4O4. The third-order valence-corrected chi connectivity index (χ3v) is 8.00. The molecule has 5 rings (SSSR count). The average molecular weight is 591 g/mol. The molecule has 0 fully saturated rings. The third-order valence-electron chi connectivity index (χ3n) is 8.00. The highest BCUT2D eigenvalue weighted by atomic mass is 16.4. The van der Waals surface area contributed by atoms with Crippen molar-refractivity contribution in [2.24, 2.45) is 11.8 Å². The molecule has 0 saturated heterocycles. The molecule has 44 heavy (non-hydrogen) atoms. The van der Waals surface area contributed by atoms with Gasteiger partial charge in [-0.15, -0.1) is 0 Å². The number of aliphatic carboxylic acids is 2. The Morgan fingerprint density at radius 3 is 1.32 bits per heavy atom. The maximum atomic E-state index is 11.8. The summed E-state index contributed by atoms with van der Waals surface area (Å²) in [4.78, 5) is 33.7. The topological polar surface area (TPSA) is 124 Å². The van der Waals surface area contributed by atoms with E-state index in [1.54, 1.807) is 0 Å². The molecule has 2 heterocycles. The molecule has 0 unspecified atom stereocenters. The lowest BCUT2D eigenvalue weighted by Gasteiger charge is -2.19. The van der Waals surface area contributed by atoms with Crippen LogP contribution in [0.1, 0.15) is 38.8 Å². The highest BCUT2D eigenvalue weighted by molar-refractivity contribution is 6.04. The Balaban J connectivity index is 1.53. The molecule has 0 saturated carbocycles. The molecule has 0 radical (unpaired) electrons. The molecule has 8 nitrogen and oxygen atoms in total. The number of aromatic nitrogens is 2. The second-order valence-electron chi connectivity index (χ2n) is 11.8. The molecule has 8 heteroatoms. The fourth-order valence-corrected chi connectivity index (χ4v) is 5.57. The van der Waals surface area contributed by atoms with E-state index in [0.717, 1.165) is 55.4 Å². The number of carboxylic acid groups (broad SMARTS) is 2. The first-order valence-electron chi connectivity index (χ1n) is 14.9. The average Bonchev–Trinajstić information content (AvgIpc) is 3.00. The molecule has 0 bridgehead atoms. The summed E-state index contributed by atoms with van der Waals surface area (Å²) in [7, 11) is 0. The van der Waals surface area contributed by atoms with Crippen LogP contribution >= 0.6 is 0 Å². The van der Waals surface area contributed by atoms with Crippen LogP contribution in [0.15, 0.2) is 84.9 Å². The Bertz CT molecular complexity index is 1690. The molecule has 5 aromatic rings. The Hall–Kier alpha value is -4.66. The summed E-state index contributed by atoms with van der Waals surface area (Å²) in [5.74, 6) is -1.85. The van der Waals surface area contributed by atoms with E-state index in [1.165, 1.54) is 0 Å². The van der Waals surface area contributed by atoms with E-state index in [0.29, 0.717) is 13.1 Å². The molecule has 0 aliphatic heterocycles. The van der Waals surface area contributed by atoms with Gasteiger partial charge in [0, 0.05) is 35.0 Å². The predicted octanol–water partition coefficient (Wildman–Crippen LogP) is 6.51. The largest absolute Gasteiger partial charge is 0.480 e. The molecule has 3 aromatic carbocycles. The van der Waals surface area contributed by atoms with Gasteiger partial charge in [-0.25, -0.2) is 9.97 Å². The number of carbonyl (C=O) groups is 2. The van der Waals surface area contributed by atoms with Gasteiger partial charge in [0.25, 0.3) is 0 Å². The lowest BCUT2D eigenvalue weighted by molar-refractivity contribution is -0.141. The Labute approximate surface area is 257 Å². The monoisotopic (exact) mass is 590 g/mol. The van der Waals surface area contributed by atoms with Gasteiger partial charge in [-0.05, 0) is 35.1 Å². The summed E-state index contributed by atoms with van der Waals surface area (Å²) in [5.41, 5.74) is 6.89. The van der Waals surface area contributed by atoms with Crippen LogP contribution in [-0.2, 0) is 22.7 Å². The number of benzene rings is 3. The molecule has 0 amide bonds. The Morgan fingerprint density at radius 1 is 0.591 bits per heavy atom. The van der Waals surface area contributed by atoms with Crippen molar-refractivity contribution in [3.8, 4) is 22.5 Å². The van der Waals surface area contributed by atoms with Crippen LogP contribution in [0.4, 0.5) is 0 Å². The van der Waals surface area contributed by atoms with Crippen LogP contribution < -0.4 is 10.6 Å². The van der Waals surface area contributed by atoms with Crippen molar-refractivity contribution in [3.63, 3.8) is 0 Å². The van der Waals surface area contributed by atoms with Crippen LogP contribution in [0.5, 0.6) is 0 Å². The predicted molar refractivity (Wildman–Crippen MR) is 174 cm³/mol. The van der Waals surface area contributed by atoms with E-state index in [9.17, 15) is 19.8 Å². The van der Waals surface area contributed by atoms with Crippen molar-refractivity contribution in [1.29, 1.82) is 0 Å². The lowest BCUT2D eigenvalue weighted by atomic mass is 10.00. The van der Waals surface area contributed by atoms with Crippen molar-refractivity contribution >= 4 is 33.7 Å². The molecule has 0 spiro atoms. The van der Waals surface area contributed by atoms with Crippen LogP contribution in [0.25, 0.3) is 44.3 Å². The lowest BCUT2D eigenvalue weighted by Crippen LogP contribution is -2.40. The minimum atomic E-state index is -0.867. The first kappa shape index (κ1) is 30.8. The van der Waals surface area contributed by atoms with Gasteiger partial charge in [-0.2, -0.15) is 0 Å². The van der Waals surface area contributed by atoms with Gasteiger partial charge in [-0.1, -0.05) is 100 Å². The number of carboxylic acids is 2. The Kier molecular flexibility index (Phi) is 9.32. The second-order valence-corrected chi connectivity index (χ2v) is 11.8. The number of nitrogens with one attached hydrogen (secondary N) is 2. The number of nitrogens with zero attached hydrogens (tertiary/aromatic N) is 2. The minimum absolute atomic E-state index is 0.0557. The minimum Gasteiger partial charge on any atom is -0.480 e. The van der Waals surface area contributed by atoms with Crippen molar-refractivity contribution in [2.75, 3.05) is 0 Å². The van der Waals surface area contributed by atoms with Crippen LogP contribution in [0.3, 0.4) is 0 Å². The Morgan fingerprint density at radius 2 is 0.955 bits per heavy atom. The molecule has 0 aliphatic rings. The van der Waals surface area contributed by atoms with E-state index in [2.05, 4.69) is 10.6 Å². The van der Waals surface area contributed by atoms with E-state index in [4.69, 9.17) is 9.97 Å².